The molecule has 2 aliphatic carbocycles. The Balaban J connectivity index is 1.62. The van der Waals surface area contributed by atoms with Gasteiger partial charge in [-0.05, 0) is 49.9 Å². The van der Waals surface area contributed by atoms with Crippen molar-refractivity contribution < 1.29 is 9.53 Å². The minimum Gasteiger partial charge on any atom is -0.497 e. The first-order chi connectivity index (χ1) is 12.3. The first-order valence-corrected chi connectivity index (χ1v) is 9.96. The number of anilines is 1. The van der Waals surface area contributed by atoms with Gasteiger partial charge in [-0.3, -0.25) is 9.69 Å². The second-order valence-corrected chi connectivity index (χ2v) is 7.53. The molecule has 0 aromatic heterocycles. The molecule has 4 heteroatoms. The summed E-state index contributed by atoms with van der Waals surface area (Å²) in [7, 11) is 1.65. The van der Waals surface area contributed by atoms with Crippen molar-refractivity contribution in [3.8, 4) is 5.75 Å². The average Bonchev–Trinajstić information content (AvgIpc) is 2.68. The summed E-state index contributed by atoms with van der Waals surface area (Å²) in [5.41, 5.74) is 0.845. The van der Waals surface area contributed by atoms with Gasteiger partial charge in [-0.2, -0.15) is 0 Å². The van der Waals surface area contributed by atoms with E-state index in [-0.39, 0.29) is 5.91 Å². The van der Waals surface area contributed by atoms with Crippen molar-refractivity contribution in [3.63, 3.8) is 0 Å². The smallest absolute Gasteiger partial charge is 0.238 e. The number of amides is 1. The predicted molar refractivity (Wildman–Crippen MR) is 102 cm³/mol. The molecule has 2 aliphatic rings. The summed E-state index contributed by atoms with van der Waals surface area (Å²) in [6.07, 6.45) is 13.0. The van der Waals surface area contributed by atoms with Crippen molar-refractivity contribution >= 4 is 11.6 Å². The molecule has 0 saturated heterocycles. The number of ether oxygens (including phenoxy) is 1. The maximum atomic E-state index is 12.7. The van der Waals surface area contributed by atoms with Crippen LogP contribution in [0.3, 0.4) is 0 Å². The number of carbonyl (C=O) groups is 1. The highest BCUT2D eigenvalue weighted by Gasteiger charge is 2.30. The van der Waals surface area contributed by atoms with Gasteiger partial charge < -0.3 is 10.1 Å². The molecule has 2 saturated carbocycles. The van der Waals surface area contributed by atoms with Gasteiger partial charge in [0.2, 0.25) is 5.91 Å². The largest absolute Gasteiger partial charge is 0.497 e. The summed E-state index contributed by atoms with van der Waals surface area (Å²) >= 11 is 0. The number of hydrogen-bond acceptors (Lipinski definition) is 3. The summed E-state index contributed by atoms with van der Waals surface area (Å²) in [4.78, 5) is 15.2. The minimum absolute atomic E-state index is 0.112. The second kappa shape index (κ2) is 9.23. The lowest BCUT2D eigenvalue weighted by Crippen LogP contribution is -2.48. The van der Waals surface area contributed by atoms with Crippen LogP contribution in [-0.4, -0.2) is 36.5 Å². The van der Waals surface area contributed by atoms with E-state index >= 15 is 0 Å². The standard InChI is InChI=1S/C21H32N2O2/c1-25-20-14-12-17(13-15-20)22-21(24)16-23(18-8-4-2-5-9-18)19-10-6-3-7-11-19/h12-15,18-19H,2-11,16H2,1H3,(H,22,24). The Morgan fingerprint density at radius 2 is 1.48 bits per heavy atom. The Morgan fingerprint density at radius 1 is 0.960 bits per heavy atom. The van der Waals surface area contributed by atoms with Crippen molar-refractivity contribution in [1.29, 1.82) is 0 Å². The maximum Gasteiger partial charge on any atom is 0.238 e. The fourth-order valence-corrected chi connectivity index (χ4v) is 4.42. The van der Waals surface area contributed by atoms with Gasteiger partial charge in [0.25, 0.3) is 0 Å². The quantitative estimate of drug-likeness (QED) is 0.820. The van der Waals surface area contributed by atoms with Crippen LogP contribution in [-0.2, 0) is 4.79 Å². The zero-order valence-electron chi connectivity index (χ0n) is 15.5. The van der Waals surface area contributed by atoms with E-state index in [0.29, 0.717) is 18.6 Å². The van der Waals surface area contributed by atoms with Gasteiger partial charge in [-0.25, -0.2) is 0 Å². The Labute approximate surface area is 151 Å². The average molecular weight is 344 g/mol. The molecular weight excluding hydrogens is 312 g/mol. The summed E-state index contributed by atoms with van der Waals surface area (Å²) in [5.74, 6) is 0.922. The van der Waals surface area contributed by atoms with Crippen LogP contribution in [0.5, 0.6) is 5.75 Å². The van der Waals surface area contributed by atoms with E-state index in [2.05, 4.69) is 10.2 Å². The number of carbonyl (C=O) groups excluding carboxylic acids is 1. The molecule has 0 unspecified atom stereocenters. The number of hydrogen-bond donors (Lipinski definition) is 1. The molecule has 1 aromatic rings. The highest BCUT2D eigenvalue weighted by Crippen LogP contribution is 2.30. The monoisotopic (exact) mass is 344 g/mol. The number of rotatable bonds is 6. The Morgan fingerprint density at radius 3 is 1.96 bits per heavy atom. The second-order valence-electron chi connectivity index (χ2n) is 7.53. The predicted octanol–water partition coefficient (Wildman–Crippen LogP) is 4.60. The van der Waals surface area contributed by atoms with Crippen LogP contribution >= 0.6 is 0 Å². The molecule has 1 N–H and O–H groups in total. The van der Waals surface area contributed by atoms with E-state index < -0.39 is 0 Å². The van der Waals surface area contributed by atoms with E-state index in [1.54, 1.807) is 7.11 Å². The Kier molecular flexibility index (Phi) is 6.74. The summed E-state index contributed by atoms with van der Waals surface area (Å²) in [6.45, 7) is 0.529. The zero-order chi connectivity index (χ0) is 17.5. The topological polar surface area (TPSA) is 41.6 Å². The third-order valence-corrected chi connectivity index (χ3v) is 5.79. The first-order valence-electron chi connectivity index (χ1n) is 9.96. The molecule has 1 aromatic carbocycles. The lowest BCUT2D eigenvalue weighted by atomic mass is 9.88. The van der Waals surface area contributed by atoms with Crippen molar-refractivity contribution in [2.45, 2.75) is 76.3 Å². The third-order valence-electron chi connectivity index (χ3n) is 5.79. The molecule has 0 heterocycles. The Hall–Kier alpha value is -1.55. The van der Waals surface area contributed by atoms with Gasteiger partial charge in [0.15, 0.2) is 0 Å². The van der Waals surface area contributed by atoms with Crippen LogP contribution < -0.4 is 10.1 Å². The molecule has 0 atom stereocenters. The SMILES string of the molecule is COc1ccc(NC(=O)CN(C2CCCCC2)C2CCCCC2)cc1. The van der Waals surface area contributed by atoms with E-state index in [4.69, 9.17) is 4.74 Å². The molecule has 0 bridgehead atoms. The number of nitrogens with one attached hydrogen (secondary N) is 1. The van der Waals surface area contributed by atoms with Crippen LogP contribution in [0.15, 0.2) is 24.3 Å². The summed E-state index contributed by atoms with van der Waals surface area (Å²) < 4.78 is 5.18. The number of benzene rings is 1. The molecule has 2 fully saturated rings. The normalized spacial score (nSPS) is 19.8. The molecule has 4 nitrogen and oxygen atoms in total. The van der Waals surface area contributed by atoms with Crippen molar-refractivity contribution in [3.05, 3.63) is 24.3 Å². The highest BCUT2D eigenvalue weighted by atomic mass is 16.5. The third kappa shape index (κ3) is 5.21. The summed E-state index contributed by atoms with van der Waals surface area (Å²) in [5, 5.41) is 3.07. The van der Waals surface area contributed by atoms with Gasteiger partial charge in [0, 0.05) is 17.8 Å². The molecule has 25 heavy (non-hydrogen) atoms. The van der Waals surface area contributed by atoms with Gasteiger partial charge in [-0.1, -0.05) is 38.5 Å². The van der Waals surface area contributed by atoms with Gasteiger partial charge in [-0.15, -0.1) is 0 Å². The zero-order valence-corrected chi connectivity index (χ0v) is 15.5. The van der Waals surface area contributed by atoms with E-state index in [1.807, 2.05) is 24.3 Å². The lowest BCUT2D eigenvalue weighted by molar-refractivity contribution is -0.119. The minimum atomic E-state index is 0.112. The molecule has 0 radical (unpaired) electrons. The number of methoxy groups -OCH3 is 1. The van der Waals surface area contributed by atoms with Crippen molar-refractivity contribution in [1.82, 2.24) is 4.90 Å². The van der Waals surface area contributed by atoms with Gasteiger partial charge in [0.1, 0.15) is 5.75 Å². The van der Waals surface area contributed by atoms with Gasteiger partial charge in [0.05, 0.1) is 13.7 Å². The fraction of sp³-hybridized carbons (Fsp3) is 0.667. The molecule has 138 valence electrons. The lowest BCUT2D eigenvalue weighted by Gasteiger charge is -2.41. The van der Waals surface area contributed by atoms with Crippen LogP contribution in [0.4, 0.5) is 5.69 Å². The van der Waals surface area contributed by atoms with E-state index in [0.717, 1.165) is 11.4 Å². The van der Waals surface area contributed by atoms with Crippen LogP contribution in [0, 0.1) is 0 Å². The van der Waals surface area contributed by atoms with Crippen molar-refractivity contribution in [2.75, 3.05) is 19.0 Å². The molecular formula is C21H32N2O2. The molecule has 0 spiro atoms. The number of nitrogens with zero attached hydrogens (tertiary/aromatic N) is 1. The van der Waals surface area contributed by atoms with E-state index in [1.165, 1.54) is 64.2 Å². The van der Waals surface area contributed by atoms with Gasteiger partial charge >= 0.3 is 0 Å². The molecule has 1 amide bonds. The van der Waals surface area contributed by atoms with Crippen LogP contribution in [0.2, 0.25) is 0 Å². The van der Waals surface area contributed by atoms with Crippen molar-refractivity contribution in [2.24, 2.45) is 0 Å². The maximum absolute atomic E-state index is 12.7. The fourth-order valence-electron chi connectivity index (χ4n) is 4.42. The van der Waals surface area contributed by atoms with E-state index in [9.17, 15) is 4.79 Å². The Bertz CT molecular complexity index is 513. The summed E-state index contributed by atoms with van der Waals surface area (Å²) in [6, 6.07) is 8.77. The molecule has 3 rings (SSSR count). The molecule has 0 aliphatic heterocycles. The first kappa shape index (κ1) is 18.2. The van der Waals surface area contributed by atoms with Crippen LogP contribution in [0.1, 0.15) is 64.2 Å². The van der Waals surface area contributed by atoms with Crippen LogP contribution in [0.25, 0.3) is 0 Å². The highest BCUT2D eigenvalue weighted by molar-refractivity contribution is 5.92.